The molecule has 12 nitrogen and oxygen atoms in total. The van der Waals surface area contributed by atoms with Crippen molar-refractivity contribution in [3.63, 3.8) is 0 Å². The van der Waals surface area contributed by atoms with Crippen molar-refractivity contribution < 1.29 is 56.8 Å². The Bertz CT molecular complexity index is 1300. The number of ether oxygens (including phenoxy) is 4. The fraction of sp³-hybridized carbons (Fsp3) is 0.787. The van der Waals surface area contributed by atoms with Crippen LogP contribution in [0.2, 0.25) is 0 Å². The maximum absolute atomic E-state index is 12.8. The largest absolute Gasteiger partial charge is 0.462 e. The number of aliphatic hydroxyl groups excluding tert-OH is 3. The van der Waals surface area contributed by atoms with Gasteiger partial charge in [-0.15, -0.1) is 0 Å². The molecule has 0 aromatic rings. The third kappa shape index (κ3) is 31.5. The lowest BCUT2D eigenvalue weighted by atomic mass is 10.00. The molecule has 0 aliphatic carbocycles. The number of rotatable bonds is 38. The molecule has 1 fully saturated rings. The molecule has 0 bridgehead atoms. The van der Waals surface area contributed by atoms with Crippen LogP contribution in [0.1, 0.15) is 181 Å². The van der Waals surface area contributed by atoms with E-state index in [4.69, 9.17) is 18.9 Å². The monoisotopic (exact) mass is 871 g/mol. The molecule has 6 unspecified atom stereocenters. The van der Waals surface area contributed by atoms with E-state index in [1.165, 1.54) is 70.6 Å². The molecule has 1 aliphatic rings. The minimum atomic E-state index is -4.61. The smallest absolute Gasteiger partial charge is 0.306 e. The summed E-state index contributed by atoms with van der Waals surface area (Å²) >= 11 is 0. The van der Waals surface area contributed by atoms with Crippen molar-refractivity contribution in [2.75, 3.05) is 19.0 Å². The number of hydrogen-bond donors (Lipinski definition) is 4. The van der Waals surface area contributed by atoms with E-state index in [1.807, 2.05) is 0 Å². The van der Waals surface area contributed by atoms with E-state index in [0.29, 0.717) is 12.8 Å². The van der Waals surface area contributed by atoms with Crippen molar-refractivity contribution in [2.45, 2.75) is 218 Å². The van der Waals surface area contributed by atoms with Crippen molar-refractivity contribution in [2.24, 2.45) is 0 Å². The molecule has 0 aromatic carbocycles. The molecule has 0 spiro atoms. The predicted octanol–water partition coefficient (Wildman–Crippen LogP) is 9.56. The van der Waals surface area contributed by atoms with Gasteiger partial charge in [0, 0.05) is 12.8 Å². The van der Waals surface area contributed by atoms with Gasteiger partial charge in [-0.3, -0.25) is 14.1 Å². The molecule has 1 rings (SSSR count). The highest BCUT2D eigenvalue weighted by Gasteiger charge is 2.46. The van der Waals surface area contributed by atoms with Crippen LogP contribution in [0, 0.1) is 0 Å². The lowest BCUT2D eigenvalue weighted by Crippen LogP contribution is -2.60. The highest BCUT2D eigenvalue weighted by molar-refractivity contribution is 7.85. The number of esters is 2. The Morgan fingerprint density at radius 3 is 1.57 bits per heavy atom. The Morgan fingerprint density at radius 2 is 1.05 bits per heavy atom. The van der Waals surface area contributed by atoms with Gasteiger partial charge in [-0.1, -0.05) is 165 Å². The van der Waals surface area contributed by atoms with E-state index < -0.39 is 71.2 Å². The molecule has 60 heavy (non-hydrogen) atoms. The molecular formula is C47H82O12S. The highest BCUT2D eigenvalue weighted by Crippen LogP contribution is 2.24. The molecule has 0 radical (unpaired) electrons. The van der Waals surface area contributed by atoms with Crippen molar-refractivity contribution in [1.29, 1.82) is 0 Å². The first-order valence-corrected chi connectivity index (χ1v) is 24.8. The van der Waals surface area contributed by atoms with Crippen molar-refractivity contribution in [1.82, 2.24) is 0 Å². The molecule has 0 aromatic heterocycles. The second-order valence-electron chi connectivity index (χ2n) is 16.0. The van der Waals surface area contributed by atoms with Crippen LogP contribution in [0.15, 0.2) is 48.6 Å². The molecule has 13 heteroatoms. The van der Waals surface area contributed by atoms with Gasteiger partial charge in [-0.05, 0) is 51.4 Å². The molecular weight excluding hydrogens is 789 g/mol. The lowest BCUT2D eigenvalue weighted by Gasteiger charge is -2.40. The van der Waals surface area contributed by atoms with Gasteiger partial charge in [0.2, 0.25) is 0 Å². The van der Waals surface area contributed by atoms with Crippen LogP contribution in [0.3, 0.4) is 0 Å². The first kappa shape index (κ1) is 55.6. The second kappa shape index (κ2) is 37.2. The molecule has 4 N–H and O–H groups in total. The molecule has 1 aliphatic heterocycles. The van der Waals surface area contributed by atoms with Crippen molar-refractivity contribution in [3.8, 4) is 0 Å². The van der Waals surface area contributed by atoms with Crippen LogP contribution in [-0.2, 0) is 38.7 Å². The summed E-state index contributed by atoms with van der Waals surface area (Å²) in [5.74, 6) is -2.01. The van der Waals surface area contributed by atoms with Gasteiger partial charge >= 0.3 is 11.9 Å². The van der Waals surface area contributed by atoms with E-state index in [9.17, 15) is 37.9 Å². The van der Waals surface area contributed by atoms with E-state index in [-0.39, 0.29) is 19.4 Å². The SMILES string of the molecule is CC/C=C\C/C=C\C/C=C\C/C=C\CCCCCCC(=O)OC(COC(=O)CCCCCCCCCCCCCCCCC)COC1OC(CS(=O)(=O)O)C(O)C(O)C1O. The van der Waals surface area contributed by atoms with Crippen LogP contribution in [0.4, 0.5) is 0 Å². The Morgan fingerprint density at radius 1 is 0.583 bits per heavy atom. The van der Waals surface area contributed by atoms with Gasteiger partial charge in [0.15, 0.2) is 12.4 Å². The third-order valence-electron chi connectivity index (χ3n) is 10.4. The number of hydrogen-bond acceptors (Lipinski definition) is 11. The fourth-order valence-corrected chi connectivity index (χ4v) is 7.53. The Hall–Kier alpha value is -2.39. The van der Waals surface area contributed by atoms with Crippen LogP contribution in [0.5, 0.6) is 0 Å². The molecule has 6 atom stereocenters. The topological polar surface area (TPSA) is 186 Å². The lowest BCUT2D eigenvalue weighted by molar-refractivity contribution is -0.297. The molecule has 1 saturated heterocycles. The number of unbranched alkanes of at least 4 members (excludes halogenated alkanes) is 18. The third-order valence-corrected chi connectivity index (χ3v) is 11.2. The van der Waals surface area contributed by atoms with Gasteiger partial charge in [0.1, 0.15) is 36.8 Å². The molecule has 1 heterocycles. The number of aliphatic hydroxyl groups is 3. The summed E-state index contributed by atoms with van der Waals surface area (Å²) in [5, 5.41) is 30.9. The van der Waals surface area contributed by atoms with Crippen LogP contribution >= 0.6 is 0 Å². The molecule has 0 amide bonds. The first-order valence-electron chi connectivity index (χ1n) is 23.2. The zero-order valence-corrected chi connectivity index (χ0v) is 37.9. The Balaban J connectivity index is 2.45. The zero-order chi connectivity index (χ0) is 44.1. The summed E-state index contributed by atoms with van der Waals surface area (Å²) in [4.78, 5) is 25.4. The average Bonchev–Trinajstić information content (AvgIpc) is 3.21. The number of carbonyl (C=O) groups is 2. The van der Waals surface area contributed by atoms with Gasteiger partial charge < -0.3 is 34.3 Å². The number of carbonyl (C=O) groups excluding carboxylic acids is 2. The van der Waals surface area contributed by atoms with Gasteiger partial charge in [-0.2, -0.15) is 8.42 Å². The quantitative estimate of drug-likeness (QED) is 0.0200. The average molecular weight is 871 g/mol. The summed E-state index contributed by atoms with van der Waals surface area (Å²) in [6.07, 6.45) is 34.4. The minimum Gasteiger partial charge on any atom is -0.462 e. The van der Waals surface area contributed by atoms with Gasteiger partial charge in [-0.25, -0.2) is 0 Å². The fourth-order valence-electron chi connectivity index (χ4n) is 6.84. The maximum Gasteiger partial charge on any atom is 0.306 e. The summed E-state index contributed by atoms with van der Waals surface area (Å²) in [7, 11) is -4.61. The Kier molecular flexibility index (Phi) is 34.5. The van der Waals surface area contributed by atoms with Gasteiger partial charge in [0.25, 0.3) is 10.1 Å². The summed E-state index contributed by atoms with van der Waals surface area (Å²) < 4.78 is 54.1. The second-order valence-corrected chi connectivity index (χ2v) is 17.5. The summed E-state index contributed by atoms with van der Waals surface area (Å²) in [6.45, 7) is 3.63. The van der Waals surface area contributed by atoms with Crippen molar-refractivity contribution >= 4 is 22.1 Å². The summed E-state index contributed by atoms with van der Waals surface area (Å²) in [5.41, 5.74) is 0. The van der Waals surface area contributed by atoms with E-state index in [2.05, 4.69) is 62.5 Å². The molecule has 348 valence electrons. The van der Waals surface area contributed by atoms with E-state index in [1.54, 1.807) is 0 Å². The number of allylic oxidation sites excluding steroid dienone is 8. The minimum absolute atomic E-state index is 0.136. The van der Waals surface area contributed by atoms with Gasteiger partial charge in [0.05, 0.1) is 6.61 Å². The zero-order valence-electron chi connectivity index (χ0n) is 37.1. The first-order chi connectivity index (χ1) is 29.0. The molecule has 0 saturated carbocycles. The van der Waals surface area contributed by atoms with Crippen LogP contribution in [-0.4, -0.2) is 96.0 Å². The van der Waals surface area contributed by atoms with E-state index in [0.717, 1.165) is 70.6 Å². The predicted molar refractivity (Wildman–Crippen MR) is 238 cm³/mol. The van der Waals surface area contributed by atoms with Crippen LogP contribution in [0.25, 0.3) is 0 Å². The normalized spacial score (nSPS) is 20.5. The van der Waals surface area contributed by atoms with E-state index >= 15 is 0 Å². The Labute approximate surface area is 363 Å². The standard InChI is InChI=1S/C47H82O12S/c1-3-5-7-9-11-13-15-17-19-20-22-24-26-28-30-32-34-36-43(49)58-40(38-57-47-46(52)45(51)44(50)41(59-47)39-60(53,54)55)37-56-42(48)35-33-31-29-27-25-23-21-18-16-14-12-10-8-6-4-2/h5,7,11,13,17,19,22,24,40-41,44-47,50-52H,3-4,6,8-10,12,14-16,18,20-21,23,25-39H2,1-2H3,(H,53,54,55)/b7-5-,13-11-,19-17-,24-22-. The van der Waals surface area contributed by atoms with Crippen LogP contribution < -0.4 is 0 Å². The van der Waals surface area contributed by atoms with Crippen molar-refractivity contribution in [3.05, 3.63) is 48.6 Å². The maximum atomic E-state index is 12.8. The summed E-state index contributed by atoms with van der Waals surface area (Å²) in [6, 6.07) is 0. The highest BCUT2D eigenvalue weighted by atomic mass is 32.2.